The van der Waals surface area contributed by atoms with Crippen LogP contribution >= 0.6 is 23.2 Å². The Hall–Kier alpha value is -3.22. The number of anilines is 1. The van der Waals surface area contributed by atoms with Gasteiger partial charge in [-0.05, 0) is 66.3 Å². The summed E-state index contributed by atoms with van der Waals surface area (Å²) >= 11 is 12.5. The van der Waals surface area contributed by atoms with Gasteiger partial charge in [0.1, 0.15) is 23.1 Å². The summed E-state index contributed by atoms with van der Waals surface area (Å²) in [5.41, 5.74) is 3.64. The molecule has 1 aliphatic carbocycles. The molecule has 0 radical (unpaired) electrons. The number of carbonyl (C=O) groups is 1. The van der Waals surface area contributed by atoms with E-state index in [1.54, 1.807) is 23.0 Å². The Morgan fingerprint density at radius 2 is 1.91 bits per heavy atom. The second-order valence-corrected chi connectivity index (χ2v) is 8.72. The van der Waals surface area contributed by atoms with E-state index in [0.29, 0.717) is 22.4 Å². The van der Waals surface area contributed by atoms with Crippen LogP contribution in [0.3, 0.4) is 0 Å². The number of fused-ring (bicyclic) bond motifs is 1. The second-order valence-electron chi connectivity index (χ2n) is 7.91. The standard InChI is InChI=1S/C25H21Cl2N3O3/c26-21-7-2-1-4-18(21)13-30-14-22(27)24(29-30)28-25(31)23-11-10-20(33-23)15-32-19-9-8-16-5-3-6-17(16)12-19/h1-2,4,7-12,14H,3,5-6,13,15H2,(H,28,29,31). The van der Waals surface area contributed by atoms with Crippen LogP contribution in [0.4, 0.5) is 5.82 Å². The van der Waals surface area contributed by atoms with Crippen molar-refractivity contribution in [2.24, 2.45) is 0 Å². The van der Waals surface area contributed by atoms with Crippen LogP contribution in [0.25, 0.3) is 0 Å². The molecular weight excluding hydrogens is 461 g/mol. The van der Waals surface area contributed by atoms with E-state index in [4.69, 9.17) is 32.4 Å². The summed E-state index contributed by atoms with van der Waals surface area (Å²) in [5.74, 6) is 1.31. The summed E-state index contributed by atoms with van der Waals surface area (Å²) in [7, 11) is 0. The molecule has 8 heteroatoms. The van der Waals surface area contributed by atoms with Crippen molar-refractivity contribution < 1.29 is 13.9 Å². The highest BCUT2D eigenvalue weighted by molar-refractivity contribution is 6.33. The zero-order chi connectivity index (χ0) is 22.8. The molecule has 5 rings (SSSR count). The highest BCUT2D eigenvalue weighted by Crippen LogP contribution is 2.27. The van der Waals surface area contributed by atoms with Gasteiger partial charge in [-0.1, -0.05) is 47.5 Å². The molecule has 0 spiro atoms. The van der Waals surface area contributed by atoms with Crippen molar-refractivity contribution in [2.45, 2.75) is 32.4 Å². The highest BCUT2D eigenvalue weighted by Gasteiger charge is 2.17. The lowest BCUT2D eigenvalue weighted by Gasteiger charge is -2.06. The maximum absolute atomic E-state index is 12.6. The topological polar surface area (TPSA) is 69.3 Å². The van der Waals surface area contributed by atoms with Gasteiger partial charge in [-0.3, -0.25) is 9.48 Å². The second kappa shape index (κ2) is 9.33. The number of rotatable bonds is 7. The first-order chi connectivity index (χ1) is 16.0. The Kier molecular flexibility index (Phi) is 6.11. The van der Waals surface area contributed by atoms with Crippen molar-refractivity contribution in [1.82, 2.24) is 9.78 Å². The van der Waals surface area contributed by atoms with Crippen molar-refractivity contribution in [3.63, 3.8) is 0 Å². The van der Waals surface area contributed by atoms with E-state index < -0.39 is 5.91 Å². The number of carbonyl (C=O) groups excluding carboxylic acids is 1. The molecule has 2 aromatic heterocycles. The van der Waals surface area contributed by atoms with Crippen LogP contribution in [0.1, 0.15) is 39.4 Å². The largest absolute Gasteiger partial charge is 0.486 e. The lowest BCUT2D eigenvalue weighted by Crippen LogP contribution is -2.12. The summed E-state index contributed by atoms with van der Waals surface area (Å²) in [5, 5.41) is 8.00. The summed E-state index contributed by atoms with van der Waals surface area (Å²) in [6.07, 6.45) is 5.05. The fourth-order valence-corrected chi connectivity index (χ4v) is 4.30. The number of nitrogens with zero attached hydrogens (tertiary/aromatic N) is 2. The molecule has 0 saturated heterocycles. The van der Waals surface area contributed by atoms with E-state index in [-0.39, 0.29) is 18.2 Å². The minimum absolute atomic E-state index is 0.152. The molecule has 168 valence electrons. The Balaban J connectivity index is 1.20. The Bertz CT molecular complexity index is 1310. The molecule has 0 bridgehead atoms. The van der Waals surface area contributed by atoms with Crippen LogP contribution in [0, 0.1) is 0 Å². The SMILES string of the molecule is O=C(Nc1nn(Cc2ccccc2Cl)cc1Cl)c1ccc(COc2ccc3c(c2)CCC3)o1. The van der Waals surface area contributed by atoms with Crippen LogP contribution in [0.2, 0.25) is 10.0 Å². The van der Waals surface area contributed by atoms with Crippen molar-refractivity contribution >= 4 is 34.9 Å². The monoisotopic (exact) mass is 481 g/mol. The molecule has 1 N–H and O–H groups in total. The first kappa shape index (κ1) is 21.6. The molecule has 4 aromatic rings. The van der Waals surface area contributed by atoms with Crippen molar-refractivity contribution in [3.8, 4) is 5.75 Å². The smallest absolute Gasteiger partial charge is 0.292 e. The minimum atomic E-state index is -0.441. The zero-order valence-corrected chi connectivity index (χ0v) is 19.2. The molecule has 0 atom stereocenters. The summed E-state index contributed by atoms with van der Waals surface area (Å²) in [6.45, 7) is 0.666. The van der Waals surface area contributed by atoms with E-state index >= 15 is 0 Å². The molecule has 6 nitrogen and oxygen atoms in total. The van der Waals surface area contributed by atoms with Crippen LogP contribution in [0.5, 0.6) is 5.75 Å². The first-order valence-electron chi connectivity index (χ1n) is 10.7. The van der Waals surface area contributed by atoms with Gasteiger partial charge in [0, 0.05) is 11.2 Å². The maximum atomic E-state index is 12.6. The zero-order valence-electron chi connectivity index (χ0n) is 17.7. The van der Waals surface area contributed by atoms with E-state index in [1.165, 1.54) is 17.5 Å². The number of aromatic nitrogens is 2. The van der Waals surface area contributed by atoms with Gasteiger partial charge in [-0.2, -0.15) is 5.10 Å². The van der Waals surface area contributed by atoms with Gasteiger partial charge >= 0.3 is 0 Å². The van der Waals surface area contributed by atoms with Gasteiger partial charge in [-0.25, -0.2) is 0 Å². The number of amides is 1. The Morgan fingerprint density at radius 3 is 2.79 bits per heavy atom. The quantitative estimate of drug-likeness (QED) is 0.343. The predicted molar refractivity (Wildman–Crippen MR) is 127 cm³/mol. The Labute approximate surface area is 201 Å². The molecule has 1 amide bonds. The van der Waals surface area contributed by atoms with Gasteiger partial charge < -0.3 is 14.5 Å². The normalized spacial score (nSPS) is 12.5. The average Bonchev–Trinajstić information content (AvgIpc) is 3.54. The summed E-state index contributed by atoms with van der Waals surface area (Å²) in [6, 6.07) is 17.0. The third-order valence-electron chi connectivity index (χ3n) is 5.58. The molecule has 2 heterocycles. The first-order valence-corrected chi connectivity index (χ1v) is 11.4. The number of aryl methyl sites for hydroxylation is 2. The van der Waals surface area contributed by atoms with Gasteiger partial charge in [0.15, 0.2) is 11.6 Å². The lowest BCUT2D eigenvalue weighted by molar-refractivity contribution is 0.0992. The molecule has 0 aliphatic heterocycles. The number of halogens is 2. The van der Waals surface area contributed by atoms with Gasteiger partial charge in [-0.15, -0.1) is 0 Å². The van der Waals surface area contributed by atoms with E-state index in [9.17, 15) is 4.79 Å². The van der Waals surface area contributed by atoms with Crippen LogP contribution < -0.4 is 10.1 Å². The van der Waals surface area contributed by atoms with E-state index in [2.05, 4.69) is 22.5 Å². The number of hydrogen-bond donors (Lipinski definition) is 1. The molecule has 2 aromatic carbocycles. The average molecular weight is 482 g/mol. The fraction of sp³-hybridized carbons (Fsp3) is 0.200. The number of hydrogen-bond acceptors (Lipinski definition) is 4. The molecule has 0 fully saturated rings. The summed E-state index contributed by atoms with van der Waals surface area (Å²) < 4.78 is 13.1. The van der Waals surface area contributed by atoms with E-state index in [0.717, 1.165) is 24.2 Å². The molecular formula is C25H21Cl2N3O3. The third-order valence-corrected chi connectivity index (χ3v) is 6.22. The number of benzene rings is 2. The number of ether oxygens (including phenoxy) is 1. The third kappa shape index (κ3) is 4.92. The van der Waals surface area contributed by atoms with Gasteiger partial charge in [0.25, 0.3) is 5.91 Å². The maximum Gasteiger partial charge on any atom is 0.292 e. The van der Waals surface area contributed by atoms with Crippen LogP contribution in [0.15, 0.2) is 65.2 Å². The van der Waals surface area contributed by atoms with Crippen LogP contribution in [-0.2, 0) is 26.0 Å². The predicted octanol–water partition coefficient (Wildman–Crippen LogP) is 6.15. The molecule has 0 saturated carbocycles. The number of furan rings is 1. The van der Waals surface area contributed by atoms with Crippen molar-refractivity contribution in [2.75, 3.05) is 5.32 Å². The highest BCUT2D eigenvalue weighted by atomic mass is 35.5. The van der Waals surface area contributed by atoms with Gasteiger partial charge in [0.05, 0.1) is 6.54 Å². The van der Waals surface area contributed by atoms with Crippen molar-refractivity contribution in [3.05, 3.63) is 99.1 Å². The van der Waals surface area contributed by atoms with Crippen molar-refractivity contribution in [1.29, 1.82) is 0 Å². The Morgan fingerprint density at radius 1 is 1.06 bits per heavy atom. The van der Waals surface area contributed by atoms with E-state index in [1.807, 2.05) is 30.3 Å². The number of nitrogens with one attached hydrogen (secondary N) is 1. The molecule has 1 aliphatic rings. The molecule has 0 unspecified atom stereocenters. The molecule has 33 heavy (non-hydrogen) atoms. The van der Waals surface area contributed by atoms with Crippen LogP contribution in [-0.4, -0.2) is 15.7 Å². The fourth-order valence-electron chi connectivity index (χ4n) is 3.90. The van der Waals surface area contributed by atoms with Gasteiger partial charge in [0.2, 0.25) is 0 Å². The summed E-state index contributed by atoms with van der Waals surface area (Å²) in [4.78, 5) is 12.6. The lowest BCUT2D eigenvalue weighted by atomic mass is 10.1. The minimum Gasteiger partial charge on any atom is -0.486 e.